The van der Waals surface area contributed by atoms with Gasteiger partial charge in [0.25, 0.3) is 0 Å². The number of nitrogens with zero attached hydrogens (tertiary/aromatic N) is 1. The van der Waals surface area contributed by atoms with Gasteiger partial charge < -0.3 is 15.5 Å². The molecule has 7 heteroatoms. The number of nitrogens with one attached hydrogen (secondary N) is 2. The molecule has 1 aliphatic heterocycles. The summed E-state index contributed by atoms with van der Waals surface area (Å²) in [4.78, 5) is 2.40. The second-order valence-electron chi connectivity index (χ2n) is 7.03. The Bertz CT molecular complexity index is 782. The maximum Gasteiger partial charge on any atom is 0.416 e. The van der Waals surface area contributed by atoms with Gasteiger partial charge in [-0.15, -0.1) is 0 Å². The summed E-state index contributed by atoms with van der Waals surface area (Å²) in [5, 5.41) is 6.47. The molecule has 28 heavy (non-hydrogen) atoms. The standard InChI is InChI=1S/C21H24F3N3S/c1-15(16-5-11-19(12-6-16)27-13-3-2-4-14-27)25-20(28)26-18-9-7-17(8-10-18)21(22,23)24/h5-12,15H,2-4,13-14H2,1H3,(H2,25,26,28)/t15-/m0/s1. The lowest BCUT2D eigenvalue weighted by molar-refractivity contribution is -0.137. The predicted octanol–water partition coefficient (Wildman–Crippen LogP) is 5.74. The third kappa shape index (κ3) is 5.38. The Hall–Kier alpha value is -2.28. The van der Waals surface area contributed by atoms with Crippen LogP contribution in [0, 0.1) is 0 Å². The monoisotopic (exact) mass is 407 g/mol. The second-order valence-corrected chi connectivity index (χ2v) is 7.44. The molecule has 0 radical (unpaired) electrons. The Morgan fingerprint density at radius 1 is 0.964 bits per heavy atom. The molecule has 1 saturated heterocycles. The van der Waals surface area contributed by atoms with Gasteiger partial charge in [0.1, 0.15) is 0 Å². The molecule has 0 amide bonds. The van der Waals surface area contributed by atoms with Crippen LogP contribution in [0.3, 0.4) is 0 Å². The normalized spacial score (nSPS) is 15.8. The van der Waals surface area contributed by atoms with Gasteiger partial charge in [-0.25, -0.2) is 0 Å². The molecule has 3 nitrogen and oxygen atoms in total. The highest BCUT2D eigenvalue weighted by Crippen LogP contribution is 2.30. The largest absolute Gasteiger partial charge is 0.416 e. The summed E-state index contributed by atoms with van der Waals surface area (Å²) in [7, 11) is 0. The molecule has 0 bridgehead atoms. The molecule has 0 unspecified atom stereocenters. The van der Waals surface area contributed by atoms with E-state index >= 15 is 0 Å². The fourth-order valence-corrected chi connectivity index (χ4v) is 3.61. The smallest absolute Gasteiger partial charge is 0.372 e. The number of hydrogen-bond donors (Lipinski definition) is 2. The van der Waals surface area contributed by atoms with Crippen molar-refractivity contribution in [2.75, 3.05) is 23.3 Å². The number of alkyl halides is 3. The number of thiocarbonyl (C=S) groups is 1. The average molecular weight is 408 g/mol. The zero-order valence-corrected chi connectivity index (χ0v) is 16.5. The molecule has 3 rings (SSSR count). The highest BCUT2D eigenvalue weighted by atomic mass is 32.1. The van der Waals surface area contributed by atoms with Crippen molar-refractivity contribution in [2.45, 2.75) is 38.4 Å². The summed E-state index contributed by atoms with van der Waals surface area (Å²) >= 11 is 5.29. The summed E-state index contributed by atoms with van der Waals surface area (Å²) < 4.78 is 37.9. The van der Waals surface area contributed by atoms with Crippen LogP contribution in [0.1, 0.15) is 43.4 Å². The van der Waals surface area contributed by atoms with Crippen LogP contribution in [0.25, 0.3) is 0 Å². The van der Waals surface area contributed by atoms with E-state index in [2.05, 4.69) is 39.8 Å². The van der Waals surface area contributed by atoms with E-state index in [1.54, 1.807) is 0 Å². The first kappa shape index (κ1) is 20.5. The highest BCUT2D eigenvalue weighted by molar-refractivity contribution is 7.80. The van der Waals surface area contributed by atoms with Gasteiger partial charge in [-0.2, -0.15) is 13.2 Å². The molecule has 1 atom stereocenters. The van der Waals surface area contributed by atoms with Crippen molar-refractivity contribution < 1.29 is 13.2 Å². The summed E-state index contributed by atoms with van der Waals surface area (Å²) in [5.74, 6) is 0. The van der Waals surface area contributed by atoms with Gasteiger partial charge in [-0.3, -0.25) is 0 Å². The molecule has 2 N–H and O–H groups in total. The summed E-state index contributed by atoms with van der Waals surface area (Å²) in [5.41, 5.74) is 2.16. The van der Waals surface area contributed by atoms with Crippen LogP contribution in [0.5, 0.6) is 0 Å². The van der Waals surface area contributed by atoms with Crippen LogP contribution < -0.4 is 15.5 Å². The molecule has 0 saturated carbocycles. The lowest BCUT2D eigenvalue weighted by Gasteiger charge is -2.29. The molecule has 2 aromatic rings. The van der Waals surface area contributed by atoms with Crippen LogP contribution in [0.4, 0.5) is 24.5 Å². The third-order valence-corrected chi connectivity index (χ3v) is 5.15. The summed E-state index contributed by atoms with van der Waals surface area (Å²) in [6.07, 6.45) is -0.557. The number of benzene rings is 2. The van der Waals surface area contributed by atoms with E-state index in [1.165, 1.54) is 37.1 Å². The first-order valence-electron chi connectivity index (χ1n) is 9.42. The van der Waals surface area contributed by atoms with E-state index in [0.29, 0.717) is 10.8 Å². The van der Waals surface area contributed by atoms with Gasteiger partial charge in [-0.05, 0) is 80.4 Å². The van der Waals surface area contributed by atoms with Crippen molar-refractivity contribution in [1.82, 2.24) is 5.32 Å². The Kier molecular flexibility index (Phi) is 6.44. The quantitative estimate of drug-likeness (QED) is 0.632. The van der Waals surface area contributed by atoms with E-state index in [9.17, 15) is 13.2 Å². The van der Waals surface area contributed by atoms with Gasteiger partial charge in [0.05, 0.1) is 11.6 Å². The van der Waals surface area contributed by atoms with Crippen LogP contribution >= 0.6 is 12.2 Å². The fraction of sp³-hybridized carbons (Fsp3) is 0.381. The molecule has 1 fully saturated rings. The van der Waals surface area contributed by atoms with Crippen molar-refractivity contribution in [1.29, 1.82) is 0 Å². The summed E-state index contributed by atoms with van der Waals surface area (Å²) in [6, 6.07) is 13.2. The van der Waals surface area contributed by atoms with Gasteiger partial charge in [-0.1, -0.05) is 12.1 Å². The van der Waals surface area contributed by atoms with E-state index in [1.807, 2.05) is 6.92 Å². The third-order valence-electron chi connectivity index (χ3n) is 4.93. The maximum atomic E-state index is 12.6. The van der Waals surface area contributed by atoms with Crippen molar-refractivity contribution >= 4 is 28.7 Å². The van der Waals surface area contributed by atoms with E-state index < -0.39 is 11.7 Å². The zero-order valence-electron chi connectivity index (χ0n) is 15.7. The van der Waals surface area contributed by atoms with Crippen molar-refractivity contribution in [3.05, 3.63) is 59.7 Å². The highest BCUT2D eigenvalue weighted by Gasteiger charge is 2.29. The molecular weight excluding hydrogens is 383 g/mol. The minimum Gasteiger partial charge on any atom is -0.372 e. The van der Waals surface area contributed by atoms with E-state index in [4.69, 9.17) is 12.2 Å². The Morgan fingerprint density at radius 3 is 2.14 bits per heavy atom. The Morgan fingerprint density at radius 2 is 1.57 bits per heavy atom. The molecule has 2 aromatic carbocycles. The first-order chi connectivity index (χ1) is 13.3. The minimum absolute atomic E-state index is 0.0233. The van der Waals surface area contributed by atoms with Crippen LogP contribution in [0.15, 0.2) is 48.5 Å². The predicted molar refractivity (Wildman–Crippen MR) is 112 cm³/mol. The number of rotatable bonds is 4. The van der Waals surface area contributed by atoms with Crippen molar-refractivity contribution in [2.24, 2.45) is 0 Å². The number of piperidine rings is 1. The lowest BCUT2D eigenvalue weighted by Crippen LogP contribution is -2.31. The number of halogens is 3. The Balaban J connectivity index is 1.55. The maximum absolute atomic E-state index is 12.6. The molecule has 1 aliphatic rings. The SMILES string of the molecule is C[C@H](NC(=S)Nc1ccc(C(F)(F)F)cc1)c1ccc(N2CCCCC2)cc1. The molecule has 150 valence electrons. The van der Waals surface area contributed by atoms with Gasteiger partial charge in [0, 0.05) is 24.5 Å². The number of anilines is 2. The number of hydrogen-bond acceptors (Lipinski definition) is 2. The molecule has 1 heterocycles. The van der Waals surface area contributed by atoms with Crippen LogP contribution in [-0.2, 0) is 6.18 Å². The minimum atomic E-state index is -4.34. The van der Waals surface area contributed by atoms with E-state index in [0.717, 1.165) is 30.8 Å². The van der Waals surface area contributed by atoms with E-state index in [-0.39, 0.29) is 6.04 Å². The van der Waals surface area contributed by atoms with Crippen molar-refractivity contribution in [3.63, 3.8) is 0 Å². The Labute approximate surface area is 168 Å². The van der Waals surface area contributed by atoms with Crippen LogP contribution in [-0.4, -0.2) is 18.2 Å². The second kappa shape index (κ2) is 8.82. The molecular formula is C21H24F3N3S. The fourth-order valence-electron chi connectivity index (χ4n) is 3.32. The van der Waals surface area contributed by atoms with Gasteiger partial charge in [0.15, 0.2) is 5.11 Å². The summed E-state index contributed by atoms with van der Waals surface area (Å²) in [6.45, 7) is 4.21. The van der Waals surface area contributed by atoms with Gasteiger partial charge >= 0.3 is 6.18 Å². The first-order valence-corrected chi connectivity index (χ1v) is 9.83. The topological polar surface area (TPSA) is 27.3 Å². The zero-order chi connectivity index (χ0) is 20.1. The van der Waals surface area contributed by atoms with Crippen LogP contribution in [0.2, 0.25) is 0 Å². The average Bonchev–Trinajstić information content (AvgIpc) is 2.68. The van der Waals surface area contributed by atoms with Crippen molar-refractivity contribution in [3.8, 4) is 0 Å². The lowest BCUT2D eigenvalue weighted by atomic mass is 10.1. The molecule has 0 spiro atoms. The molecule has 0 aliphatic carbocycles. The molecule has 0 aromatic heterocycles. The van der Waals surface area contributed by atoms with Gasteiger partial charge in [0.2, 0.25) is 0 Å².